The van der Waals surface area contributed by atoms with Crippen molar-refractivity contribution in [2.75, 3.05) is 13.6 Å². The van der Waals surface area contributed by atoms with Gasteiger partial charge < -0.3 is 0 Å². The molecule has 1 heterocycles. The van der Waals surface area contributed by atoms with Crippen molar-refractivity contribution in [3.05, 3.63) is 57.6 Å². The lowest BCUT2D eigenvalue weighted by atomic mass is 9.47. The molecular weight excluding hydrogens is 1260 g/mol. The minimum atomic E-state index is -8.76. The van der Waals surface area contributed by atoms with E-state index < -0.39 is 75.6 Å². The summed E-state index contributed by atoms with van der Waals surface area (Å²) in [4.78, 5) is 1.75. The van der Waals surface area contributed by atoms with Crippen LogP contribution in [0.5, 0.6) is 0 Å². The first-order valence-corrected chi connectivity index (χ1v) is 31.5. The van der Waals surface area contributed by atoms with E-state index in [2.05, 4.69) is 0 Å². The fourth-order valence-electron chi connectivity index (χ4n) is 27.9. The average Bonchev–Trinajstić information content (AvgIpc) is 1.38. The van der Waals surface area contributed by atoms with Gasteiger partial charge in [-0.25, -0.2) is 0 Å². The largest absolute Gasteiger partial charge is 0.460 e. The second-order valence-electron chi connectivity index (χ2n) is 30.9. The number of nitrogens with zero attached hydrogens (tertiary/aromatic N) is 1. The van der Waals surface area contributed by atoms with E-state index in [9.17, 15) is 30.7 Å². The summed E-state index contributed by atoms with van der Waals surface area (Å²) in [6, 6.07) is 1.49. The molecule has 0 amide bonds. The molecule has 18 heteroatoms. The molecule has 1 fully saturated rings. The summed E-state index contributed by atoms with van der Waals surface area (Å²) in [5, 5.41) is 61.4. The maximum Gasteiger partial charge on any atom is 0.460 e. The third kappa shape index (κ3) is 2.68. The maximum absolute atomic E-state index is 18.3. The van der Waals surface area contributed by atoms with Crippen LogP contribution < -0.4 is 0 Å². The molecule has 1 unspecified atom stereocenters. The molecule has 1 aliphatic heterocycles. The summed E-state index contributed by atoms with van der Waals surface area (Å²) in [7, 11) is 1.62. The predicted octanol–water partition coefficient (Wildman–Crippen LogP) is 23.4. The van der Waals surface area contributed by atoms with Crippen molar-refractivity contribution in [2.24, 2.45) is 0 Å². The van der Waals surface area contributed by atoms with Crippen LogP contribution in [0.1, 0.15) is 39.4 Å². The van der Waals surface area contributed by atoms with Crippen LogP contribution in [-0.2, 0) is 16.8 Å². The van der Waals surface area contributed by atoms with Gasteiger partial charge in [0.15, 0.2) is 0 Å². The van der Waals surface area contributed by atoms with Crippen LogP contribution in [-0.4, -0.2) is 60.2 Å². The Kier molecular flexibility index (Phi) is 4.69. The number of halogens is 17. The van der Waals surface area contributed by atoms with Crippen LogP contribution in [0.4, 0.5) is 74.6 Å². The third-order valence-corrected chi connectivity index (χ3v) is 29.2. The number of benzene rings is 19. The minimum Gasteiger partial charge on any atom is -0.297 e. The Bertz CT molecular complexity index is 8260. The summed E-state index contributed by atoms with van der Waals surface area (Å²) in [6.07, 6.45) is -7.86. The van der Waals surface area contributed by atoms with Crippen LogP contribution in [0, 0.1) is 0 Å². The number of rotatable bonds is 8. The Morgan fingerprint density at radius 3 is 0.705 bits per heavy atom. The van der Waals surface area contributed by atoms with Crippen molar-refractivity contribution in [1.29, 1.82) is 0 Å². The standard InChI is InChI=1S/C77H10F17N/c1-95-6-68-63-55-47-37-27-19-11-9-10-13-17-15(11)23-31-25(17)35-29-21(13)22-14(10)18-16-12(9)20(19)28-34-24(16)32-26(18)36-30(22)40-39(29)51-45(35)53-43(31)49(41(47)33(23)27)57(63)59(53)65-61(51)62-52(40)46(36)54-44(32)50-42(34)48(38(28)37)56(55)64(68)58(50)60(54)66(62)69(65,68)67(95)7-4-2-3-5-8(7)70(78,79)71(80,81)72(82,83)73(84,85)74(86,87)75(88,89)76(90,91)77(92,93)94/h2-5,67H,6H2,1H3. The second kappa shape index (κ2) is 10.1. The number of likely N-dealkylation sites (tertiary alicyclic amines) is 1. The Balaban J connectivity index is 0.837. The molecule has 442 valence electrons. The SMILES string of the molecule is CN1CC23c4c5c6c7c8c9c(c%10c%11c2c2c4c4c%12c5c5c6c6c8c8c%13c9c9c%10c%10c%11c%11c2c2c4c4c%12c%12c5c5c6c8c6c8c%13c9c9c%10c%10c%11c2c2c4c4c%12c5c6c5c8c9c%10c2c45)C73C1c1ccccc1C(F)(F)C(F)(F)C(F)(F)C(F)(F)C(F)(F)C(F)(F)C(F)(F)C(F)(F)F. The highest BCUT2D eigenvalue weighted by atomic mass is 19.4. The van der Waals surface area contributed by atoms with Crippen molar-refractivity contribution < 1.29 is 74.6 Å². The number of hydrogen-bond donors (Lipinski definition) is 0. The highest BCUT2D eigenvalue weighted by Crippen LogP contribution is 2.87. The molecule has 2 spiro atoms. The molecule has 0 radical (unpaired) electrons. The van der Waals surface area contributed by atoms with E-state index in [-0.39, 0.29) is 12.6 Å². The molecule has 1 atom stereocenters. The van der Waals surface area contributed by atoms with Gasteiger partial charge in [-0.1, -0.05) is 24.3 Å². The van der Waals surface area contributed by atoms with E-state index >= 15 is 43.9 Å². The summed E-state index contributed by atoms with van der Waals surface area (Å²) in [5.74, 6) is -57.7. The van der Waals surface area contributed by atoms with Crippen LogP contribution in [0.25, 0.3) is 291 Å². The fourth-order valence-corrected chi connectivity index (χ4v) is 27.9. The first-order valence-electron chi connectivity index (χ1n) is 31.5. The van der Waals surface area contributed by atoms with Crippen molar-refractivity contribution in [2.45, 2.75) is 64.5 Å². The van der Waals surface area contributed by atoms with Gasteiger partial charge in [-0.3, -0.25) is 4.90 Å². The molecule has 5 aliphatic rings. The minimum absolute atomic E-state index is 0.0351. The van der Waals surface area contributed by atoms with Crippen LogP contribution in [0.15, 0.2) is 24.3 Å². The molecule has 0 aromatic heterocycles. The average molecular weight is 1270 g/mol. The van der Waals surface area contributed by atoms with E-state index in [0.717, 1.165) is 207 Å². The van der Waals surface area contributed by atoms with Crippen LogP contribution >= 0.6 is 0 Å². The Labute approximate surface area is 504 Å². The summed E-state index contributed by atoms with van der Waals surface area (Å²) >= 11 is 0. The van der Waals surface area contributed by atoms with Crippen molar-refractivity contribution in [3.8, 4) is 0 Å². The van der Waals surface area contributed by atoms with Gasteiger partial charge in [0.2, 0.25) is 0 Å². The highest BCUT2D eigenvalue weighted by Gasteiger charge is 2.95. The van der Waals surface area contributed by atoms with Crippen molar-refractivity contribution in [1.82, 2.24) is 4.90 Å². The normalized spacial score (nSPS) is 22.3. The molecule has 29 aromatic rings. The zero-order valence-corrected chi connectivity index (χ0v) is 46.5. The monoisotopic (exact) mass is 1270 g/mol. The molecular formula is C77H10F17N. The number of alkyl halides is 17. The quantitative estimate of drug-likeness (QED) is 0.108. The van der Waals surface area contributed by atoms with Gasteiger partial charge in [0.05, 0.1) is 16.9 Å². The van der Waals surface area contributed by atoms with Crippen LogP contribution in [0.3, 0.4) is 0 Å². The topological polar surface area (TPSA) is 3.24 Å². The van der Waals surface area contributed by atoms with E-state index in [4.69, 9.17) is 0 Å². The van der Waals surface area contributed by atoms with Gasteiger partial charge in [-0.05, 0) is 326 Å². The number of likely N-dealkylation sites (N-methyl/N-ethyl adjacent to an activating group) is 1. The van der Waals surface area contributed by atoms with Gasteiger partial charge in [0, 0.05) is 12.1 Å². The molecule has 95 heavy (non-hydrogen) atoms. The first kappa shape index (κ1) is 44.2. The lowest BCUT2D eigenvalue weighted by Crippen LogP contribution is -2.74. The Morgan fingerprint density at radius 2 is 0.463 bits per heavy atom. The zero-order valence-electron chi connectivity index (χ0n) is 46.5. The molecule has 0 bridgehead atoms. The molecule has 0 N–H and O–H groups in total. The molecule has 34 rings (SSSR count). The Hall–Kier alpha value is -9.55. The van der Waals surface area contributed by atoms with Crippen molar-refractivity contribution >= 4 is 291 Å². The predicted molar refractivity (Wildman–Crippen MR) is 335 cm³/mol. The summed E-state index contributed by atoms with van der Waals surface area (Å²) in [6.45, 7) is -0.0351. The highest BCUT2D eigenvalue weighted by molar-refractivity contribution is 6.82. The lowest BCUT2D eigenvalue weighted by molar-refractivity contribution is -0.462. The third-order valence-electron chi connectivity index (χ3n) is 29.2. The first-order chi connectivity index (χ1) is 45.2. The zero-order chi connectivity index (χ0) is 62.3. The molecule has 0 saturated carbocycles. The van der Waals surface area contributed by atoms with E-state index in [1.165, 1.54) is 125 Å². The molecule has 29 aromatic carbocycles. The van der Waals surface area contributed by atoms with Gasteiger partial charge in [-0.15, -0.1) is 0 Å². The van der Waals surface area contributed by atoms with Gasteiger partial charge >= 0.3 is 47.6 Å². The van der Waals surface area contributed by atoms with Crippen molar-refractivity contribution in [3.63, 3.8) is 0 Å². The summed E-state index contributed by atoms with van der Waals surface area (Å²) in [5.41, 5.74) is -2.73. The Morgan fingerprint density at radius 1 is 0.263 bits per heavy atom. The van der Waals surface area contributed by atoms with Gasteiger partial charge in [0.25, 0.3) is 0 Å². The summed E-state index contributed by atoms with van der Waals surface area (Å²) < 4.78 is 265. The van der Waals surface area contributed by atoms with E-state index in [0.29, 0.717) is 0 Å². The van der Waals surface area contributed by atoms with E-state index in [1.54, 1.807) is 11.9 Å². The van der Waals surface area contributed by atoms with Gasteiger partial charge in [0.1, 0.15) is 0 Å². The molecule has 4 aliphatic carbocycles. The number of hydrogen-bond acceptors (Lipinski definition) is 1. The fraction of sp³-hybridized carbons (Fsp3) is 0.169. The van der Waals surface area contributed by atoms with Crippen LogP contribution in [0.2, 0.25) is 0 Å². The smallest absolute Gasteiger partial charge is 0.297 e. The van der Waals surface area contributed by atoms with Gasteiger partial charge in [-0.2, -0.15) is 74.6 Å². The molecule has 1 saturated heterocycles. The maximum atomic E-state index is 18.3. The molecule has 1 nitrogen and oxygen atoms in total. The van der Waals surface area contributed by atoms with E-state index in [1.807, 2.05) is 0 Å². The second-order valence-corrected chi connectivity index (χ2v) is 30.9. The lowest BCUT2D eigenvalue weighted by Gasteiger charge is -2.52.